The fraction of sp³-hybridized carbons (Fsp3) is 0.400. The van der Waals surface area contributed by atoms with Gasteiger partial charge in [0.1, 0.15) is 11.9 Å². The molecule has 2 atom stereocenters. The average Bonchev–Trinajstić information content (AvgIpc) is 3.68. The third kappa shape index (κ3) is 5.57. The summed E-state index contributed by atoms with van der Waals surface area (Å²) in [6.45, 7) is -3.46. The van der Waals surface area contributed by atoms with E-state index in [2.05, 4.69) is 14.8 Å². The van der Waals surface area contributed by atoms with E-state index in [-0.39, 0.29) is 36.8 Å². The van der Waals surface area contributed by atoms with Crippen LogP contribution in [-0.2, 0) is 10.2 Å². The number of thiazole rings is 1. The Morgan fingerprint density at radius 1 is 1.17 bits per heavy atom. The maximum atomic E-state index is 14.0. The van der Waals surface area contributed by atoms with Gasteiger partial charge in [0.25, 0.3) is 16.1 Å². The van der Waals surface area contributed by atoms with Crippen molar-refractivity contribution in [3.8, 4) is 0 Å². The summed E-state index contributed by atoms with van der Waals surface area (Å²) in [5.74, 6) is -3.11. The second-order valence-electron chi connectivity index (χ2n) is 10.1. The molecule has 3 aliphatic rings. The van der Waals surface area contributed by atoms with Crippen molar-refractivity contribution in [2.45, 2.75) is 43.8 Å². The van der Waals surface area contributed by atoms with Gasteiger partial charge in [-0.15, -0.1) is 11.3 Å². The lowest BCUT2D eigenvalue weighted by molar-refractivity contribution is -0.0413. The van der Waals surface area contributed by atoms with Gasteiger partial charge in [-0.2, -0.15) is 31.3 Å². The van der Waals surface area contributed by atoms with Crippen molar-refractivity contribution >= 4 is 44.6 Å². The van der Waals surface area contributed by atoms with Crippen LogP contribution >= 0.6 is 22.9 Å². The van der Waals surface area contributed by atoms with Crippen LogP contribution in [0.3, 0.4) is 0 Å². The summed E-state index contributed by atoms with van der Waals surface area (Å²) < 4.78 is 98.9. The van der Waals surface area contributed by atoms with Gasteiger partial charge >= 0.3 is 6.55 Å². The highest BCUT2D eigenvalue weighted by Gasteiger charge is 2.44. The van der Waals surface area contributed by atoms with Crippen molar-refractivity contribution in [3.05, 3.63) is 74.8 Å². The molecule has 9 nitrogen and oxygen atoms in total. The molecule has 0 amide bonds. The van der Waals surface area contributed by atoms with Crippen LogP contribution in [0.5, 0.6) is 0 Å². The summed E-state index contributed by atoms with van der Waals surface area (Å²) in [5, 5.41) is 6.36. The molecule has 1 N–H and O–H groups in total. The molecule has 0 unspecified atom stereocenters. The van der Waals surface area contributed by atoms with Crippen LogP contribution < -0.4 is 4.72 Å². The number of piperidine rings is 1. The predicted octanol–water partition coefficient (Wildman–Crippen LogP) is 5.08. The molecule has 42 heavy (non-hydrogen) atoms. The molecule has 5 heterocycles. The van der Waals surface area contributed by atoms with Crippen LogP contribution in [0.2, 0.25) is 5.02 Å². The van der Waals surface area contributed by atoms with Crippen LogP contribution in [0.1, 0.15) is 48.1 Å². The van der Waals surface area contributed by atoms with E-state index in [1.165, 1.54) is 29.5 Å². The van der Waals surface area contributed by atoms with E-state index in [1.54, 1.807) is 16.5 Å². The lowest BCUT2D eigenvalue weighted by Crippen LogP contribution is -2.50. The van der Waals surface area contributed by atoms with Gasteiger partial charge in [-0.05, 0) is 18.2 Å². The highest BCUT2D eigenvalue weighted by molar-refractivity contribution is 7.87. The number of nitrogens with zero attached hydrogens (tertiary/aromatic N) is 6. The van der Waals surface area contributed by atoms with Gasteiger partial charge in [-0.25, -0.2) is 22.8 Å². The molecular weight excluding hydrogens is 625 g/mol. The van der Waals surface area contributed by atoms with E-state index in [1.807, 2.05) is 0 Å². The van der Waals surface area contributed by atoms with E-state index >= 15 is 0 Å². The highest BCUT2D eigenvalue weighted by Crippen LogP contribution is 2.46. The summed E-state index contributed by atoms with van der Waals surface area (Å²) >= 11 is 7.74. The summed E-state index contributed by atoms with van der Waals surface area (Å²) in [5.41, 5.74) is 1.48. The zero-order chi connectivity index (χ0) is 29.8. The van der Waals surface area contributed by atoms with Crippen molar-refractivity contribution in [1.29, 1.82) is 0 Å². The molecule has 6 rings (SSSR count). The van der Waals surface area contributed by atoms with Crippen molar-refractivity contribution in [3.63, 3.8) is 0 Å². The summed E-state index contributed by atoms with van der Waals surface area (Å²) in [6.07, 6.45) is 1.64. The quantitative estimate of drug-likeness (QED) is 0.361. The molecule has 0 spiro atoms. The number of aromatic nitrogens is 3. The van der Waals surface area contributed by atoms with Crippen LogP contribution in [-0.4, -0.2) is 69.8 Å². The molecule has 0 saturated carbocycles. The summed E-state index contributed by atoms with van der Waals surface area (Å²) in [6, 6.07) is 3.53. The molecule has 2 aromatic heterocycles. The van der Waals surface area contributed by atoms with E-state index in [9.17, 15) is 30.4 Å². The predicted molar refractivity (Wildman–Crippen MR) is 146 cm³/mol. The van der Waals surface area contributed by atoms with Gasteiger partial charge in [-0.3, -0.25) is 4.99 Å². The monoisotopic (exact) mass is 647 g/mol. The minimum absolute atomic E-state index is 0.0548. The Balaban J connectivity index is 1.43. The fourth-order valence-corrected chi connectivity index (χ4v) is 7.67. The lowest BCUT2D eigenvalue weighted by Gasteiger charge is -2.32. The smallest absolute Gasteiger partial charge is 0.326 e. The maximum Gasteiger partial charge on any atom is 0.333 e. The molecular formula is C25H23ClF5N7O2S2. The van der Waals surface area contributed by atoms with E-state index in [0.29, 0.717) is 32.4 Å². The van der Waals surface area contributed by atoms with Gasteiger partial charge < -0.3 is 4.90 Å². The third-order valence-corrected chi connectivity index (χ3v) is 10.1. The second kappa shape index (κ2) is 11.0. The Hall–Kier alpha value is -2.92. The molecule has 1 aromatic carbocycles. The van der Waals surface area contributed by atoms with Crippen LogP contribution in [0.25, 0.3) is 5.57 Å². The number of nitrogens with one attached hydrogen (secondary N) is 1. The minimum atomic E-state index is -4.13. The fourth-order valence-electron chi connectivity index (χ4n) is 5.37. The normalized spacial score (nSPS) is 23.0. The first-order valence-electron chi connectivity index (χ1n) is 12.8. The molecule has 0 radical (unpaired) electrons. The minimum Gasteiger partial charge on any atom is -0.326 e. The third-order valence-electron chi connectivity index (χ3n) is 7.33. The van der Waals surface area contributed by atoms with Gasteiger partial charge in [0.2, 0.25) is 0 Å². The largest absolute Gasteiger partial charge is 0.333 e. The number of hydrogen-bond acceptors (Lipinski definition) is 7. The first-order valence-corrected chi connectivity index (χ1v) is 15.5. The number of rotatable bonds is 7. The van der Waals surface area contributed by atoms with Crippen LogP contribution in [0, 0.1) is 5.82 Å². The molecule has 224 valence electrons. The Labute approximate surface area is 246 Å². The average molecular weight is 648 g/mol. The zero-order valence-electron chi connectivity index (χ0n) is 21.6. The Bertz CT molecular complexity index is 1650. The van der Waals surface area contributed by atoms with Gasteiger partial charge in [-0.1, -0.05) is 17.7 Å². The molecule has 0 aliphatic carbocycles. The Morgan fingerprint density at radius 2 is 1.93 bits per heavy atom. The molecule has 0 bridgehead atoms. The van der Waals surface area contributed by atoms with E-state index in [0.717, 1.165) is 16.6 Å². The molecule has 2 saturated heterocycles. The van der Waals surface area contributed by atoms with Gasteiger partial charge in [0.05, 0.1) is 5.69 Å². The second-order valence-corrected chi connectivity index (χ2v) is 13.1. The highest BCUT2D eigenvalue weighted by atomic mass is 35.5. The maximum absolute atomic E-state index is 14.0. The van der Waals surface area contributed by atoms with Crippen LogP contribution in [0.4, 0.5) is 22.0 Å². The number of benzene rings is 1. The van der Waals surface area contributed by atoms with E-state index < -0.39 is 53.4 Å². The first-order chi connectivity index (χ1) is 19.9. The number of hydrogen-bond donors (Lipinski definition) is 1. The number of alkyl halides is 4. The molecule has 2 fully saturated rings. The van der Waals surface area contributed by atoms with Crippen molar-refractivity contribution in [2.24, 2.45) is 4.99 Å². The number of amidine groups is 1. The summed E-state index contributed by atoms with van der Waals surface area (Å²) in [7, 11) is -4.13. The topological polar surface area (TPSA) is 95.7 Å². The molecule has 3 aliphatic heterocycles. The number of fused-ring (bicyclic) bond motifs is 1. The van der Waals surface area contributed by atoms with Crippen LogP contribution in [0.15, 0.2) is 52.7 Å². The Morgan fingerprint density at radius 3 is 2.57 bits per heavy atom. The van der Waals surface area contributed by atoms with E-state index in [4.69, 9.17) is 16.6 Å². The summed E-state index contributed by atoms with van der Waals surface area (Å²) in [4.78, 5) is 11.0. The molecule has 3 aromatic rings. The number of aliphatic imine (C=N–C) groups is 1. The molecule has 17 heteroatoms. The van der Waals surface area contributed by atoms with Crippen molar-refractivity contribution in [1.82, 2.24) is 28.7 Å². The standard InChI is InChI=1S/C25H23ClF5N7O2S2/c26-17-11-14(27)1-2-16(17)21-20(18-3-7-38(34-18)24(28)29)19-12-15(13-37(19)22(33-21)23-32-6-10-41-23)35-42(39,40)36-8-4-25(30,31)5-9-36/h1-3,6-7,10-11,15,21,24,35H,4-5,8-9,12-13H2/t15-,21-/m0/s1. The Kier molecular flexibility index (Phi) is 7.62. The van der Waals surface area contributed by atoms with Crippen molar-refractivity contribution < 1.29 is 30.4 Å². The SMILES string of the molecule is O=S(=O)(N[C@H]1CC2=C(c3ccn(C(F)F)n3)[C@H](c3ccc(F)cc3Cl)N=C(c3nccs3)N2C1)N1CCC(F)(F)CC1. The lowest BCUT2D eigenvalue weighted by atomic mass is 9.92. The van der Waals surface area contributed by atoms with Gasteiger partial charge in [0.15, 0.2) is 10.8 Å². The number of halogens is 6. The first kappa shape index (κ1) is 29.2. The zero-order valence-corrected chi connectivity index (χ0v) is 24.0. The van der Waals surface area contributed by atoms with Crippen molar-refractivity contribution in [2.75, 3.05) is 19.6 Å². The van der Waals surface area contributed by atoms with Gasteiger partial charge in [0, 0.05) is 84.6 Å².